The predicted molar refractivity (Wildman–Crippen MR) is 116 cm³/mol. The molecule has 2 aromatic carbocycles. The largest absolute Gasteiger partial charge is 0.496 e. The van der Waals surface area contributed by atoms with Crippen LogP contribution in [0.3, 0.4) is 0 Å². The van der Waals surface area contributed by atoms with Gasteiger partial charge < -0.3 is 9.47 Å². The van der Waals surface area contributed by atoms with Crippen LogP contribution in [0.4, 0.5) is 8.78 Å². The van der Waals surface area contributed by atoms with Crippen molar-refractivity contribution >= 4 is 0 Å². The van der Waals surface area contributed by atoms with Crippen molar-refractivity contribution < 1.29 is 18.3 Å². The summed E-state index contributed by atoms with van der Waals surface area (Å²) in [7, 11) is 1.64. The predicted octanol–water partition coefficient (Wildman–Crippen LogP) is 4.87. The Morgan fingerprint density at radius 1 is 1.06 bits per heavy atom. The SMILES string of the molecule is COc1cc([C]c2ccc(F)c(F)c2)ccc1CN1CCC2(CC1)OCc1ccncc12. The molecule has 1 fully saturated rings. The minimum absolute atomic E-state index is 0.206. The maximum absolute atomic E-state index is 13.5. The summed E-state index contributed by atoms with van der Waals surface area (Å²) in [6.07, 6.45) is 8.75. The molecule has 3 heterocycles. The molecule has 1 aromatic heterocycles. The van der Waals surface area contributed by atoms with E-state index >= 15 is 0 Å². The van der Waals surface area contributed by atoms with Crippen LogP contribution in [0.5, 0.6) is 5.75 Å². The van der Waals surface area contributed by atoms with E-state index in [-0.39, 0.29) is 5.60 Å². The second kappa shape index (κ2) is 8.60. The molecule has 0 bridgehead atoms. The van der Waals surface area contributed by atoms with Gasteiger partial charge in [-0.1, -0.05) is 18.2 Å². The molecule has 1 saturated heterocycles. The summed E-state index contributed by atoms with van der Waals surface area (Å²) in [5.41, 5.74) is 4.59. The first-order chi connectivity index (χ1) is 15.6. The van der Waals surface area contributed by atoms with Gasteiger partial charge in [-0.2, -0.15) is 0 Å². The van der Waals surface area contributed by atoms with Gasteiger partial charge in [0.2, 0.25) is 0 Å². The fourth-order valence-electron chi connectivity index (χ4n) is 4.67. The van der Waals surface area contributed by atoms with Gasteiger partial charge in [0.05, 0.1) is 25.7 Å². The number of hydrogen-bond acceptors (Lipinski definition) is 4. The van der Waals surface area contributed by atoms with Crippen molar-refractivity contribution in [1.29, 1.82) is 0 Å². The zero-order valence-corrected chi connectivity index (χ0v) is 17.9. The Kier molecular flexibility index (Phi) is 5.66. The van der Waals surface area contributed by atoms with Crippen molar-refractivity contribution in [2.24, 2.45) is 0 Å². The molecule has 32 heavy (non-hydrogen) atoms. The van der Waals surface area contributed by atoms with E-state index < -0.39 is 11.6 Å². The molecule has 4 nitrogen and oxygen atoms in total. The summed E-state index contributed by atoms with van der Waals surface area (Å²) in [5, 5.41) is 0. The second-order valence-electron chi connectivity index (χ2n) is 8.37. The number of ether oxygens (including phenoxy) is 2. The van der Waals surface area contributed by atoms with E-state index in [1.807, 2.05) is 30.6 Å². The summed E-state index contributed by atoms with van der Waals surface area (Å²) >= 11 is 0. The molecule has 0 N–H and O–H groups in total. The lowest BCUT2D eigenvalue weighted by atomic mass is 9.84. The van der Waals surface area contributed by atoms with E-state index in [4.69, 9.17) is 9.47 Å². The number of methoxy groups -OCH3 is 1. The highest BCUT2D eigenvalue weighted by Gasteiger charge is 2.42. The van der Waals surface area contributed by atoms with Crippen LogP contribution in [0.15, 0.2) is 54.9 Å². The van der Waals surface area contributed by atoms with Gasteiger partial charge in [0.15, 0.2) is 11.6 Å². The molecule has 3 aromatic rings. The maximum atomic E-state index is 13.5. The fourth-order valence-corrected chi connectivity index (χ4v) is 4.67. The summed E-state index contributed by atoms with van der Waals surface area (Å²) in [6.45, 7) is 3.28. The van der Waals surface area contributed by atoms with Gasteiger partial charge in [-0.25, -0.2) is 8.78 Å². The Morgan fingerprint density at radius 2 is 1.84 bits per heavy atom. The fraction of sp³-hybridized carbons (Fsp3) is 0.308. The molecule has 5 rings (SSSR count). The van der Waals surface area contributed by atoms with Gasteiger partial charge in [0.1, 0.15) is 5.75 Å². The molecule has 1 spiro atoms. The smallest absolute Gasteiger partial charge is 0.159 e. The Balaban J connectivity index is 1.25. The Morgan fingerprint density at radius 3 is 2.62 bits per heavy atom. The number of rotatable bonds is 5. The number of aromatic nitrogens is 1. The number of benzene rings is 2. The third-order valence-corrected chi connectivity index (χ3v) is 6.46. The van der Waals surface area contributed by atoms with Crippen LogP contribution >= 0.6 is 0 Å². The summed E-state index contributed by atoms with van der Waals surface area (Å²) in [4.78, 5) is 6.71. The minimum Gasteiger partial charge on any atom is -0.496 e. The van der Waals surface area contributed by atoms with Crippen LogP contribution in [-0.4, -0.2) is 30.1 Å². The molecular weight excluding hydrogens is 410 g/mol. The molecule has 0 saturated carbocycles. The van der Waals surface area contributed by atoms with Gasteiger partial charge in [-0.15, -0.1) is 0 Å². The summed E-state index contributed by atoms with van der Waals surface area (Å²) in [6, 6.07) is 11.6. The van der Waals surface area contributed by atoms with E-state index in [0.29, 0.717) is 12.2 Å². The van der Waals surface area contributed by atoms with E-state index in [1.54, 1.807) is 7.11 Å². The number of hydrogen-bond donors (Lipinski definition) is 0. The first-order valence-electron chi connectivity index (χ1n) is 10.7. The van der Waals surface area contributed by atoms with Crippen molar-refractivity contribution in [3.8, 4) is 5.75 Å². The van der Waals surface area contributed by atoms with Crippen LogP contribution in [0, 0.1) is 18.1 Å². The van der Waals surface area contributed by atoms with Crippen molar-refractivity contribution in [3.05, 3.63) is 101 Å². The molecule has 2 aliphatic rings. The summed E-state index contributed by atoms with van der Waals surface area (Å²) < 4.78 is 38.5. The third kappa shape index (κ3) is 4.00. The van der Waals surface area contributed by atoms with Crippen molar-refractivity contribution in [3.63, 3.8) is 0 Å². The monoisotopic (exact) mass is 434 g/mol. The van der Waals surface area contributed by atoms with Gasteiger partial charge in [-0.3, -0.25) is 9.88 Å². The number of halogens is 2. The van der Waals surface area contributed by atoms with Gasteiger partial charge in [0, 0.05) is 43.2 Å². The average Bonchev–Trinajstić information content (AvgIpc) is 3.17. The highest BCUT2D eigenvalue weighted by molar-refractivity contribution is 5.45. The van der Waals surface area contributed by atoms with Crippen molar-refractivity contribution in [2.75, 3.05) is 20.2 Å². The number of nitrogens with zero attached hydrogens (tertiary/aromatic N) is 2. The highest BCUT2D eigenvalue weighted by atomic mass is 19.2. The van der Waals surface area contributed by atoms with Crippen LogP contribution in [0.2, 0.25) is 0 Å². The highest BCUT2D eigenvalue weighted by Crippen LogP contribution is 2.44. The van der Waals surface area contributed by atoms with Crippen LogP contribution in [0.1, 0.15) is 40.7 Å². The number of piperidine rings is 1. The topological polar surface area (TPSA) is 34.6 Å². The van der Waals surface area contributed by atoms with Crippen molar-refractivity contribution in [1.82, 2.24) is 9.88 Å². The second-order valence-corrected chi connectivity index (χ2v) is 8.37. The van der Waals surface area contributed by atoms with Crippen LogP contribution in [0.25, 0.3) is 0 Å². The molecule has 2 aliphatic heterocycles. The normalized spacial score (nSPS) is 17.5. The van der Waals surface area contributed by atoms with Gasteiger partial charge >= 0.3 is 0 Å². The molecule has 164 valence electrons. The zero-order chi connectivity index (χ0) is 22.1. The van der Waals surface area contributed by atoms with E-state index in [9.17, 15) is 8.78 Å². The minimum atomic E-state index is -0.883. The van der Waals surface area contributed by atoms with Crippen molar-refractivity contribution in [2.45, 2.75) is 31.6 Å². The number of pyridine rings is 1. The maximum Gasteiger partial charge on any atom is 0.159 e. The van der Waals surface area contributed by atoms with Crippen LogP contribution < -0.4 is 4.74 Å². The average molecular weight is 434 g/mol. The van der Waals surface area contributed by atoms with E-state index in [2.05, 4.69) is 22.4 Å². The van der Waals surface area contributed by atoms with Gasteiger partial charge in [-0.05, 0) is 53.8 Å². The third-order valence-electron chi connectivity index (χ3n) is 6.46. The first kappa shape index (κ1) is 21.0. The Bertz CT molecular complexity index is 1130. The molecule has 0 atom stereocenters. The Hall–Kier alpha value is -2.83. The Labute approximate surface area is 186 Å². The molecule has 0 amide bonds. The molecule has 6 heteroatoms. The lowest BCUT2D eigenvalue weighted by Crippen LogP contribution is -2.42. The molecule has 0 unspecified atom stereocenters. The van der Waals surface area contributed by atoms with Gasteiger partial charge in [0.25, 0.3) is 0 Å². The zero-order valence-electron chi connectivity index (χ0n) is 17.9. The first-order valence-corrected chi connectivity index (χ1v) is 10.7. The lowest BCUT2D eigenvalue weighted by molar-refractivity contribution is -0.0800. The summed E-state index contributed by atoms with van der Waals surface area (Å²) in [5.74, 6) is -0.995. The molecule has 2 radical (unpaired) electrons. The number of likely N-dealkylation sites (tertiary alicyclic amines) is 1. The molecular formula is C26H24F2N2O2. The number of fused-ring (bicyclic) bond motifs is 2. The van der Waals surface area contributed by atoms with E-state index in [1.165, 1.54) is 17.2 Å². The standard InChI is InChI=1S/C26H24F2N2O2/c1-31-25-14-19(12-18-3-5-23(27)24(28)13-18)2-4-20(25)16-30-10-7-26(8-11-30)22-15-29-9-6-21(22)17-32-26/h2-6,9,13-15H,7-8,10-11,16-17H2,1H3. The van der Waals surface area contributed by atoms with Crippen LogP contribution in [-0.2, 0) is 23.5 Å². The lowest BCUT2D eigenvalue weighted by Gasteiger charge is -2.39. The van der Waals surface area contributed by atoms with E-state index in [0.717, 1.165) is 61.5 Å². The quantitative estimate of drug-likeness (QED) is 0.574. The molecule has 0 aliphatic carbocycles.